The van der Waals surface area contributed by atoms with Gasteiger partial charge >= 0.3 is 6.03 Å². The van der Waals surface area contributed by atoms with Crippen molar-refractivity contribution in [2.24, 2.45) is 5.16 Å². The fraction of sp³-hybridized carbons (Fsp3) is 0.292. The molecule has 11 heteroatoms. The zero-order valence-corrected chi connectivity index (χ0v) is 21.1. The topological polar surface area (TPSA) is 119 Å². The molecule has 1 saturated heterocycles. The number of nitrogens with one attached hydrogen (secondary N) is 1. The highest BCUT2D eigenvalue weighted by Gasteiger charge is 2.34. The maximum atomic E-state index is 14.3. The molecule has 3 N–H and O–H groups in total. The minimum Gasteiger partial charge on any atom is -0.388 e. The van der Waals surface area contributed by atoms with Crippen LogP contribution < -0.4 is 11.1 Å². The van der Waals surface area contributed by atoms with Gasteiger partial charge in [-0.2, -0.15) is 0 Å². The molecule has 1 aliphatic carbocycles. The van der Waals surface area contributed by atoms with Gasteiger partial charge in [0.05, 0.1) is 30.1 Å². The molecule has 35 heavy (non-hydrogen) atoms. The van der Waals surface area contributed by atoms with Crippen molar-refractivity contribution in [3.8, 4) is 11.1 Å². The molecule has 0 radical (unpaired) electrons. The minimum absolute atomic E-state index is 0.0329. The van der Waals surface area contributed by atoms with E-state index in [1.165, 1.54) is 12.1 Å². The van der Waals surface area contributed by atoms with Crippen molar-refractivity contribution in [2.75, 3.05) is 25.9 Å². The summed E-state index contributed by atoms with van der Waals surface area (Å²) in [5, 5.41) is 7.10. The van der Waals surface area contributed by atoms with Crippen LogP contribution in [-0.4, -0.2) is 57.8 Å². The third-order valence-corrected chi connectivity index (χ3v) is 6.99. The summed E-state index contributed by atoms with van der Waals surface area (Å²) in [5.41, 5.74) is 10.9. The van der Waals surface area contributed by atoms with Crippen molar-refractivity contribution >= 4 is 40.3 Å². The summed E-state index contributed by atoms with van der Waals surface area (Å²) in [7, 11) is 1.60. The first kappa shape index (κ1) is 23.4. The summed E-state index contributed by atoms with van der Waals surface area (Å²) in [6, 6.07) is 8.43. The Morgan fingerprint density at radius 1 is 1.29 bits per heavy atom. The molecule has 1 aromatic carbocycles. The van der Waals surface area contributed by atoms with Gasteiger partial charge in [-0.15, -0.1) is 0 Å². The normalized spacial score (nSPS) is 18.7. The number of amides is 2. The summed E-state index contributed by atoms with van der Waals surface area (Å²) in [5.74, 6) is -0.150. The van der Waals surface area contributed by atoms with E-state index in [4.69, 9.17) is 10.6 Å². The molecule has 2 aliphatic rings. The van der Waals surface area contributed by atoms with E-state index < -0.39 is 0 Å². The largest absolute Gasteiger partial charge is 0.388 e. The Labute approximate surface area is 215 Å². The third-order valence-electron chi connectivity index (χ3n) is 6.21. The molecule has 3 heterocycles. The number of urea groups is 1. The van der Waals surface area contributed by atoms with Crippen molar-refractivity contribution in [1.82, 2.24) is 25.2 Å². The molecule has 180 valence electrons. The number of aromatic nitrogens is 3. The number of hydrogen-bond acceptors (Lipinski definition) is 7. The van der Waals surface area contributed by atoms with Crippen LogP contribution in [-0.2, 0) is 11.3 Å². The number of nitrogens with two attached hydrogens (primary N) is 1. The molecule has 1 fully saturated rings. The average molecular weight is 587 g/mol. The number of rotatable bonds is 4. The smallest absolute Gasteiger partial charge is 0.317 e. The first-order chi connectivity index (χ1) is 16.9. The summed E-state index contributed by atoms with van der Waals surface area (Å²) < 4.78 is 15.0. The average Bonchev–Trinajstić information content (AvgIpc) is 2.82. The number of likely N-dealkylation sites (tertiary alicyclic amines) is 1. The fourth-order valence-corrected chi connectivity index (χ4v) is 5.37. The van der Waals surface area contributed by atoms with Gasteiger partial charge in [-0.1, -0.05) is 17.3 Å². The summed E-state index contributed by atoms with van der Waals surface area (Å²) in [6.07, 6.45) is 4.39. The van der Waals surface area contributed by atoms with Crippen LogP contribution in [0.1, 0.15) is 29.2 Å². The number of nitrogen functional groups attached to an aromatic ring is 1. The number of halogens is 2. The quantitative estimate of drug-likeness (QED) is 0.275. The van der Waals surface area contributed by atoms with Gasteiger partial charge in [0.2, 0.25) is 5.95 Å². The standard InChI is InChI=1S/C24H23FIN7O2/c1-28-24(34)33-11-16(12-33)35-32-20-8-14(7-19-21(20)22(26)31-23(27)30-19)17-5-4-15(25)9-18(17)13-3-2-6-29-10-13/h2-6,9-10,14,16H,7-8,11-12H2,1H3,(H,28,34)(H2,27,30,31)/b32-20+. The Balaban J connectivity index is 1.48. The van der Waals surface area contributed by atoms with E-state index in [1.54, 1.807) is 24.3 Å². The van der Waals surface area contributed by atoms with Crippen LogP contribution in [0.15, 0.2) is 47.9 Å². The molecule has 9 nitrogen and oxygen atoms in total. The zero-order valence-electron chi connectivity index (χ0n) is 18.9. The molecule has 1 aliphatic heterocycles. The van der Waals surface area contributed by atoms with Gasteiger partial charge in [-0.3, -0.25) is 4.98 Å². The van der Waals surface area contributed by atoms with E-state index in [1.807, 2.05) is 18.2 Å². The molecule has 1 unspecified atom stereocenters. The van der Waals surface area contributed by atoms with Crippen molar-refractivity contribution < 1.29 is 14.0 Å². The van der Waals surface area contributed by atoms with Crippen LogP contribution in [0, 0.1) is 9.52 Å². The fourth-order valence-electron chi connectivity index (χ4n) is 4.50. The molecular weight excluding hydrogens is 564 g/mol. The lowest BCUT2D eigenvalue weighted by atomic mass is 9.79. The van der Waals surface area contributed by atoms with Crippen molar-refractivity contribution in [3.05, 3.63) is 69.1 Å². The van der Waals surface area contributed by atoms with Crippen molar-refractivity contribution in [1.29, 1.82) is 0 Å². The van der Waals surface area contributed by atoms with E-state index in [2.05, 4.69) is 48.0 Å². The van der Waals surface area contributed by atoms with Crippen LogP contribution in [0.3, 0.4) is 0 Å². The van der Waals surface area contributed by atoms with E-state index in [-0.39, 0.29) is 29.8 Å². The lowest BCUT2D eigenvalue weighted by Gasteiger charge is -2.37. The van der Waals surface area contributed by atoms with Crippen LogP contribution in [0.4, 0.5) is 15.1 Å². The van der Waals surface area contributed by atoms with Gasteiger partial charge in [0.25, 0.3) is 0 Å². The number of carbonyl (C=O) groups excluding carboxylic acids is 1. The maximum Gasteiger partial charge on any atom is 0.317 e. The van der Waals surface area contributed by atoms with E-state index in [0.29, 0.717) is 35.3 Å². The van der Waals surface area contributed by atoms with E-state index in [0.717, 1.165) is 27.9 Å². The number of fused-ring (bicyclic) bond motifs is 1. The summed E-state index contributed by atoms with van der Waals surface area (Å²) in [6.45, 7) is 0.927. The summed E-state index contributed by atoms with van der Waals surface area (Å²) in [4.78, 5) is 32.2. The molecule has 2 amide bonds. The Hall–Kier alpha value is -3.35. The molecule has 5 rings (SSSR count). The predicted molar refractivity (Wildman–Crippen MR) is 137 cm³/mol. The Morgan fingerprint density at radius 3 is 2.86 bits per heavy atom. The molecular formula is C24H23FIN7O2. The van der Waals surface area contributed by atoms with Crippen molar-refractivity contribution in [3.63, 3.8) is 0 Å². The van der Waals surface area contributed by atoms with Gasteiger partial charge < -0.3 is 20.8 Å². The molecule has 0 bridgehead atoms. The Morgan fingerprint density at radius 2 is 2.11 bits per heavy atom. The second-order valence-electron chi connectivity index (χ2n) is 8.50. The van der Waals surface area contributed by atoms with E-state index >= 15 is 0 Å². The first-order valence-corrected chi connectivity index (χ1v) is 12.2. The number of hydrogen-bond donors (Lipinski definition) is 2. The van der Waals surface area contributed by atoms with Gasteiger partial charge in [-0.25, -0.2) is 19.2 Å². The number of oxime groups is 1. The number of nitrogens with zero attached hydrogens (tertiary/aromatic N) is 5. The second kappa shape index (κ2) is 9.72. The number of carbonyl (C=O) groups is 1. The summed E-state index contributed by atoms with van der Waals surface area (Å²) >= 11 is 2.14. The maximum absolute atomic E-state index is 14.3. The lowest BCUT2D eigenvalue weighted by Crippen LogP contribution is -2.56. The Kier molecular flexibility index (Phi) is 6.50. The highest BCUT2D eigenvalue weighted by atomic mass is 127. The van der Waals surface area contributed by atoms with Gasteiger partial charge in [0, 0.05) is 31.4 Å². The third kappa shape index (κ3) is 4.77. The van der Waals surface area contributed by atoms with E-state index in [9.17, 15) is 9.18 Å². The van der Waals surface area contributed by atoms with Gasteiger partial charge in [0.1, 0.15) is 9.52 Å². The van der Waals surface area contributed by atoms with Crippen molar-refractivity contribution in [2.45, 2.75) is 24.9 Å². The highest BCUT2D eigenvalue weighted by molar-refractivity contribution is 14.1. The molecule has 0 spiro atoms. The zero-order chi connectivity index (χ0) is 24.5. The number of benzene rings is 1. The highest BCUT2D eigenvalue weighted by Crippen LogP contribution is 2.39. The first-order valence-electron chi connectivity index (χ1n) is 11.1. The van der Waals surface area contributed by atoms with Gasteiger partial charge in [-0.05, 0) is 64.3 Å². The predicted octanol–water partition coefficient (Wildman–Crippen LogP) is 3.34. The van der Waals surface area contributed by atoms with Gasteiger partial charge in [0.15, 0.2) is 6.10 Å². The Bertz CT molecular complexity index is 1300. The SMILES string of the molecule is CNC(=O)N1CC(O/N=C2\CC(c3ccc(F)cc3-c3cccnc3)Cc3nc(N)nc(I)c32)C1. The lowest BCUT2D eigenvalue weighted by molar-refractivity contribution is -0.0331. The monoisotopic (exact) mass is 587 g/mol. The van der Waals surface area contributed by atoms with Crippen LogP contribution in [0.5, 0.6) is 0 Å². The molecule has 0 saturated carbocycles. The van der Waals surface area contributed by atoms with Crippen LogP contribution in [0.25, 0.3) is 11.1 Å². The minimum atomic E-state index is -0.312. The van der Waals surface area contributed by atoms with Crippen LogP contribution >= 0.6 is 22.6 Å². The second-order valence-corrected chi connectivity index (χ2v) is 9.52. The molecule has 1 atom stereocenters. The number of pyridine rings is 1. The van der Waals surface area contributed by atoms with Crippen LogP contribution in [0.2, 0.25) is 0 Å². The molecule has 2 aromatic heterocycles. The molecule has 3 aromatic rings. The number of anilines is 1.